The average Bonchev–Trinajstić information content (AvgIpc) is 2.60. The van der Waals surface area contributed by atoms with Crippen molar-refractivity contribution in [1.29, 1.82) is 0 Å². The van der Waals surface area contributed by atoms with E-state index in [1.807, 2.05) is 36.1 Å². The Kier molecular flexibility index (Phi) is 2.73. The smallest absolute Gasteiger partial charge is 0.227 e. The second kappa shape index (κ2) is 4.03. The first kappa shape index (κ1) is 10.2. The Balaban J connectivity index is 2.25. The number of amides is 1. The third kappa shape index (κ3) is 1.88. The number of benzene rings is 1. The molecule has 80 valence electrons. The highest BCUT2D eigenvalue weighted by atomic mass is 16.2. The fourth-order valence-electron chi connectivity index (χ4n) is 2.04. The van der Waals surface area contributed by atoms with Crippen LogP contribution in [0.1, 0.15) is 12.0 Å². The molecule has 0 spiro atoms. The molecule has 0 saturated carbocycles. The Hall–Kier alpha value is -1.35. The Morgan fingerprint density at radius 1 is 1.47 bits per heavy atom. The van der Waals surface area contributed by atoms with Crippen LogP contribution in [0.25, 0.3) is 0 Å². The molecule has 1 heterocycles. The summed E-state index contributed by atoms with van der Waals surface area (Å²) in [5.74, 6) is 0.511. The van der Waals surface area contributed by atoms with Crippen LogP contribution in [0.2, 0.25) is 0 Å². The summed E-state index contributed by atoms with van der Waals surface area (Å²) in [7, 11) is 0. The molecule has 0 bridgehead atoms. The van der Waals surface area contributed by atoms with Gasteiger partial charge in [0.2, 0.25) is 5.91 Å². The van der Waals surface area contributed by atoms with Gasteiger partial charge in [-0.1, -0.05) is 18.2 Å². The number of hydrogen-bond acceptors (Lipinski definition) is 2. The van der Waals surface area contributed by atoms with Crippen molar-refractivity contribution < 1.29 is 4.79 Å². The second-order valence-corrected chi connectivity index (χ2v) is 4.10. The summed E-state index contributed by atoms with van der Waals surface area (Å²) >= 11 is 0. The predicted molar refractivity (Wildman–Crippen MR) is 60.7 cm³/mol. The topological polar surface area (TPSA) is 46.3 Å². The first-order valence-electron chi connectivity index (χ1n) is 5.28. The molecular formula is C12H16N2O. The summed E-state index contributed by atoms with van der Waals surface area (Å²) in [6.07, 6.45) is 0.588. The average molecular weight is 204 g/mol. The number of hydrogen-bond donors (Lipinski definition) is 1. The molecule has 0 radical (unpaired) electrons. The van der Waals surface area contributed by atoms with E-state index in [9.17, 15) is 4.79 Å². The zero-order chi connectivity index (χ0) is 10.8. The number of carbonyl (C=O) groups excluding carboxylic acids is 1. The van der Waals surface area contributed by atoms with Crippen LogP contribution in [-0.2, 0) is 4.79 Å². The third-order valence-electron chi connectivity index (χ3n) is 2.94. The van der Waals surface area contributed by atoms with E-state index in [4.69, 9.17) is 5.73 Å². The highest BCUT2D eigenvalue weighted by Crippen LogP contribution is 2.26. The van der Waals surface area contributed by atoms with Gasteiger partial charge in [-0.15, -0.1) is 0 Å². The van der Waals surface area contributed by atoms with Crippen molar-refractivity contribution >= 4 is 11.6 Å². The van der Waals surface area contributed by atoms with Gasteiger partial charge in [0.05, 0.1) is 0 Å². The summed E-state index contributed by atoms with van der Waals surface area (Å²) in [6.45, 7) is 3.38. The highest BCUT2D eigenvalue weighted by molar-refractivity contribution is 5.96. The maximum Gasteiger partial charge on any atom is 0.227 e. The number of nitrogens with two attached hydrogens (primary N) is 1. The number of nitrogens with zero attached hydrogens (tertiary/aromatic N) is 1. The molecule has 1 aromatic rings. The highest BCUT2D eigenvalue weighted by Gasteiger charge is 2.29. The lowest BCUT2D eigenvalue weighted by molar-refractivity contribution is -0.117. The maximum atomic E-state index is 11.8. The minimum Gasteiger partial charge on any atom is -0.330 e. The zero-order valence-electron chi connectivity index (χ0n) is 8.94. The molecule has 1 saturated heterocycles. The monoisotopic (exact) mass is 204 g/mol. The number of aryl methyl sites for hydroxylation is 1. The van der Waals surface area contributed by atoms with Gasteiger partial charge < -0.3 is 10.6 Å². The number of rotatable bonds is 2. The normalized spacial score (nSPS) is 21.1. The van der Waals surface area contributed by atoms with Crippen molar-refractivity contribution in [3.63, 3.8) is 0 Å². The van der Waals surface area contributed by atoms with Gasteiger partial charge >= 0.3 is 0 Å². The van der Waals surface area contributed by atoms with Gasteiger partial charge in [-0.2, -0.15) is 0 Å². The van der Waals surface area contributed by atoms with E-state index in [2.05, 4.69) is 0 Å². The van der Waals surface area contributed by atoms with Gasteiger partial charge in [0.15, 0.2) is 0 Å². The van der Waals surface area contributed by atoms with Crippen molar-refractivity contribution in [2.45, 2.75) is 13.3 Å². The van der Waals surface area contributed by atoms with Gasteiger partial charge in [-0.05, 0) is 31.0 Å². The minimum absolute atomic E-state index is 0.194. The first-order chi connectivity index (χ1) is 7.22. The molecule has 1 unspecified atom stereocenters. The van der Waals surface area contributed by atoms with Gasteiger partial charge in [-0.25, -0.2) is 0 Å². The summed E-state index contributed by atoms with van der Waals surface area (Å²) in [5.41, 5.74) is 7.76. The molecule has 0 aliphatic carbocycles. The van der Waals surface area contributed by atoms with E-state index < -0.39 is 0 Å². The molecule has 15 heavy (non-hydrogen) atoms. The van der Waals surface area contributed by atoms with Crippen molar-refractivity contribution in [2.75, 3.05) is 18.0 Å². The molecule has 1 aliphatic rings. The van der Waals surface area contributed by atoms with E-state index in [0.29, 0.717) is 18.9 Å². The van der Waals surface area contributed by atoms with Crippen molar-refractivity contribution in [2.24, 2.45) is 11.7 Å². The lowest BCUT2D eigenvalue weighted by Gasteiger charge is -2.18. The molecule has 2 rings (SSSR count). The molecule has 1 amide bonds. The van der Waals surface area contributed by atoms with Gasteiger partial charge in [0.1, 0.15) is 0 Å². The van der Waals surface area contributed by atoms with Crippen LogP contribution in [0, 0.1) is 12.8 Å². The number of carbonyl (C=O) groups is 1. The SMILES string of the molecule is Cc1ccccc1N1CC(CN)CC1=O. The Morgan fingerprint density at radius 2 is 2.20 bits per heavy atom. The van der Waals surface area contributed by atoms with Crippen LogP contribution in [-0.4, -0.2) is 19.0 Å². The van der Waals surface area contributed by atoms with E-state index in [1.54, 1.807) is 0 Å². The quantitative estimate of drug-likeness (QED) is 0.789. The minimum atomic E-state index is 0.194. The van der Waals surface area contributed by atoms with Crippen LogP contribution in [0.5, 0.6) is 0 Å². The van der Waals surface area contributed by atoms with E-state index in [1.165, 1.54) is 0 Å². The Bertz CT molecular complexity index is 376. The molecule has 1 aliphatic heterocycles. The van der Waals surface area contributed by atoms with Crippen molar-refractivity contribution in [3.8, 4) is 0 Å². The lowest BCUT2D eigenvalue weighted by Crippen LogP contribution is -2.26. The van der Waals surface area contributed by atoms with Crippen LogP contribution < -0.4 is 10.6 Å². The summed E-state index contributed by atoms with van der Waals surface area (Å²) in [5, 5.41) is 0. The molecule has 1 atom stereocenters. The van der Waals surface area contributed by atoms with Crippen molar-refractivity contribution in [3.05, 3.63) is 29.8 Å². The van der Waals surface area contributed by atoms with E-state index in [-0.39, 0.29) is 5.91 Å². The maximum absolute atomic E-state index is 11.8. The molecule has 1 aromatic carbocycles. The lowest BCUT2D eigenvalue weighted by atomic mass is 10.1. The molecule has 0 aromatic heterocycles. The zero-order valence-corrected chi connectivity index (χ0v) is 8.94. The summed E-state index contributed by atoms with van der Waals surface area (Å²) in [4.78, 5) is 13.6. The standard InChI is InChI=1S/C12H16N2O/c1-9-4-2-3-5-11(9)14-8-10(7-13)6-12(14)15/h2-5,10H,6-8,13H2,1H3. The van der Waals surface area contributed by atoms with Crippen molar-refractivity contribution in [1.82, 2.24) is 0 Å². The van der Waals surface area contributed by atoms with Crippen LogP contribution in [0.15, 0.2) is 24.3 Å². The van der Waals surface area contributed by atoms with Gasteiger partial charge in [-0.3, -0.25) is 4.79 Å². The largest absolute Gasteiger partial charge is 0.330 e. The number of anilines is 1. The van der Waals surface area contributed by atoms with Crippen LogP contribution >= 0.6 is 0 Å². The second-order valence-electron chi connectivity index (χ2n) is 4.10. The molecule has 3 nitrogen and oxygen atoms in total. The van der Waals surface area contributed by atoms with Crippen LogP contribution in [0.4, 0.5) is 5.69 Å². The van der Waals surface area contributed by atoms with E-state index >= 15 is 0 Å². The predicted octanol–water partition coefficient (Wildman–Crippen LogP) is 1.31. The molecule has 2 N–H and O–H groups in total. The molecule has 1 fully saturated rings. The Labute approximate surface area is 89.9 Å². The first-order valence-corrected chi connectivity index (χ1v) is 5.28. The van der Waals surface area contributed by atoms with Gasteiger partial charge in [0, 0.05) is 18.7 Å². The number of para-hydroxylation sites is 1. The third-order valence-corrected chi connectivity index (χ3v) is 2.94. The van der Waals surface area contributed by atoms with Crippen LogP contribution in [0.3, 0.4) is 0 Å². The fourth-order valence-corrected chi connectivity index (χ4v) is 2.04. The molecule has 3 heteroatoms. The Morgan fingerprint density at radius 3 is 2.80 bits per heavy atom. The summed E-state index contributed by atoms with van der Waals surface area (Å²) in [6, 6.07) is 7.97. The van der Waals surface area contributed by atoms with E-state index in [0.717, 1.165) is 17.8 Å². The summed E-state index contributed by atoms with van der Waals surface area (Å²) < 4.78 is 0. The fraction of sp³-hybridized carbons (Fsp3) is 0.417. The molecular weight excluding hydrogens is 188 g/mol. The van der Waals surface area contributed by atoms with Gasteiger partial charge in [0.25, 0.3) is 0 Å².